The zero-order valence-electron chi connectivity index (χ0n) is 18.2. The lowest BCUT2D eigenvalue weighted by atomic mass is 10.1. The van der Waals surface area contributed by atoms with Gasteiger partial charge in [-0.2, -0.15) is 13.2 Å². The highest BCUT2D eigenvalue weighted by atomic mass is 32.2. The molecule has 176 valence electrons. The lowest BCUT2D eigenvalue weighted by molar-refractivity contribution is -0.137. The summed E-state index contributed by atoms with van der Waals surface area (Å²) in [6, 6.07) is 13.2. The van der Waals surface area contributed by atoms with Crippen LogP contribution in [0.1, 0.15) is 16.7 Å². The van der Waals surface area contributed by atoms with Gasteiger partial charge in [-0.15, -0.1) is 11.8 Å². The Morgan fingerprint density at radius 2 is 2.03 bits per heavy atom. The quantitative estimate of drug-likeness (QED) is 0.457. The summed E-state index contributed by atoms with van der Waals surface area (Å²) in [5.74, 6) is 0.395. The van der Waals surface area contributed by atoms with E-state index in [1.807, 2.05) is 30.5 Å². The zero-order valence-corrected chi connectivity index (χ0v) is 19.0. The highest BCUT2D eigenvalue weighted by Crippen LogP contribution is 2.30. The molecule has 0 unspecified atom stereocenters. The van der Waals surface area contributed by atoms with Crippen LogP contribution >= 0.6 is 11.8 Å². The molecule has 1 saturated heterocycles. The minimum atomic E-state index is -4.40. The van der Waals surface area contributed by atoms with Gasteiger partial charge in [0.25, 0.3) is 0 Å². The Morgan fingerprint density at radius 1 is 1.15 bits per heavy atom. The van der Waals surface area contributed by atoms with Crippen LogP contribution in [0.15, 0.2) is 53.4 Å². The smallest absolute Gasteiger partial charge is 0.416 e. The van der Waals surface area contributed by atoms with E-state index in [1.54, 1.807) is 17.8 Å². The fourth-order valence-electron chi connectivity index (χ4n) is 3.56. The summed E-state index contributed by atoms with van der Waals surface area (Å²) in [6.07, 6.45) is -2.43. The summed E-state index contributed by atoms with van der Waals surface area (Å²) in [5, 5.41) is 4.31. The number of benzene rings is 2. The van der Waals surface area contributed by atoms with Crippen LogP contribution in [-0.4, -0.2) is 43.7 Å². The molecule has 33 heavy (non-hydrogen) atoms. The van der Waals surface area contributed by atoms with Crippen LogP contribution in [0.3, 0.4) is 0 Å². The number of ether oxygens (including phenoxy) is 3. The van der Waals surface area contributed by atoms with Gasteiger partial charge in [0.1, 0.15) is 6.61 Å². The number of aromatic nitrogens is 1. The van der Waals surface area contributed by atoms with Crippen LogP contribution in [-0.2, 0) is 28.8 Å². The van der Waals surface area contributed by atoms with Crippen molar-refractivity contribution in [3.05, 3.63) is 65.2 Å². The third kappa shape index (κ3) is 6.38. The molecule has 0 aliphatic carbocycles. The highest BCUT2D eigenvalue weighted by molar-refractivity contribution is 7.98. The topological polar surface area (TPSA) is 52.6 Å². The van der Waals surface area contributed by atoms with E-state index in [9.17, 15) is 13.2 Å². The number of fused-ring (bicyclic) bond motifs is 1. The first-order valence-corrected chi connectivity index (χ1v) is 11.8. The van der Waals surface area contributed by atoms with E-state index in [1.165, 1.54) is 6.07 Å². The molecule has 3 aromatic rings. The van der Waals surface area contributed by atoms with Gasteiger partial charge in [-0.1, -0.05) is 18.2 Å². The van der Waals surface area contributed by atoms with E-state index in [2.05, 4.69) is 10.3 Å². The number of alkyl halides is 3. The number of nitrogens with zero attached hydrogens (tertiary/aromatic N) is 1. The fourth-order valence-corrected chi connectivity index (χ4v) is 4.00. The Morgan fingerprint density at radius 3 is 2.79 bits per heavy atom. The van der Waals surface area contributed by atoms with Crippen molar-refractivity contribution in [2.24, 2.45) is 0 Å². The normalized spacial score (nSPS) is 16.8. The minimum absolute atomic E-state index is 0.0166. The maximum atomic E-state index is 13.1. The van der Waals surface area contributed by atoms with E-state index >= 15 is 0 Å². The Hall–Kier alpha value is -2.33. The zero-order chi connectivity index (χ0) is 23.3. The molecule has 0 radical (unpaired) electrons. The Balaban J connectivity index is 1.53. The second kappa shape index (κ2) is 10.7. The van der Waals surface area contributed by atoms with Crippen molar-refractivity contribution in [3.8, 4) is 5.88 Å². The summed E-state index contributed by atoms with van der Waals surface area (Å²) in [7, 11) is 0. The summed E-state index contributed by atoms with van der Waals surface area (Å²) in [6.45, 7) is 2.79. The van der Waals surface area contributed by atoms with Crippen LogP contribution in [0.25, 0.3) is 10.9 Å². The summed E-state index contributed by atoms with van der Waals surface area (Å²) in [4.78, 5) is 5.75. The molecule has 4 rings (SSSR count). The standard InChI is InChI=1S/C24H25F3N2O3S/c1-33-21-6-5-17-10-18(12-28-13-20-15-30-7-8-31-20)23(29-22(17)11-21)32-14-16-3-2-4-19(9-16)24(25,26)27/h2-6,9-11,20,28H,7-8,12-15H2,1H3/t20-/m0/s1. The molecule has 2 heterocycles. The molecular formula is C24H25F3N2O3S. The first kappa shape index (κ1) is 23.8. The van der Waals surface area contributed by atoms with Gasteiger partial charge in [0.05, 0.1) is 37.0 Å². The average Bonchev–Trinajstić information content (AvgIpc) is 2.82. The molecule has 1 fully saturated rings. The molecule has 1 N–H and O–H groups in total. The van der Waals surface area contributed by atoms with Gasteiger partial charge in [0.2, 0.25) is 5.88 Å². The van der Waals surface area contributed by atoms with Crippen LogP contribution in [0.2, 0.25) is 0 Å². The molecule has 1 aliphatic heterocycles. The van der Waals surface area contributed by atoms with Crippen molar-refractivity contribution in [1.82, 2.24) is 10.3 Å². The van der Waals surface area contributed by atoms with Gasteiger partial charge in [-0.3, -0.25) is 0 Å². The van der Waals surface area contributed by atoms with Gasteiger partial charge < -0.3 is 19.5 Å². The second-order valence-electron chi connectivity index (χ2n) is 7.70. The van der Waals surface area contributed by atoms with Gasteiger partial charge in [-0.25, -0.2) is 4.98 Å². The number of rotatable bonds is 8. The number of nitrogens with one attached hydrogen (secondary N) is 1. The summed E-state index contributed by atoms with van der Waals surface area (Å²) < 4.78 is 56.2. The monoisotopic (exact) mass is 478 g/mol. The predicted octanol–water partition coefficient (Wildman–Crippen LogP) is 5.06. The Bertz CT molecular complexity index is 1090. The molecule has 2 aromatic carbocycles. The van der Waals surface area contributed by atoms with Crippen LogP contribution in [0.4, 0.5) is 13.2 Å². The number of hydrogen-bond donors (Lipinski definition) is 1. The molecule has 0 spiro atoms. The molecule has 1 aliphatic rings. The maximum Gasteiger partial charge on any atom is 0.416 e. The third-order valence-corrected chi connectivity index (χ3v) is 5.99. The lowest BCUT2D eigenvalue weighted by Gasteiger charge is -2.23. The molecule has 1 aromatic heterocycles. The molecule has 0 bridgehead atoms. The van der Waals surface area contributed by atoms with Gasteiger partial charge in [0, 0.05) is 28.9 Å². The summed E-state index contributed by atoms with van der Waals surface area (Å²) >= 11 is 1.61. The molecule has 0 amide bonds. The van der Waals surface area contributed by atoms with E-state index in [0.29, 0.717) is 44.4 Å². The first-order chi connectivity index (χ1) is 15.9. The second-order valence-corrected chi connectivity index (χ2v) is 8.58. The number of pyridine rings is 1. The number of hydrogen-bond acceptors (Lipinski definition) is 6. The summed E-state index contributed by atoms with van der Waals surface area (Å²) in [5.41, 5.74) is 1.32. The average molecular weight is 479 g/mol. The van der Waals surface area contributed by atoms with E-state index in [0.717, 1.165) is 33.5 Å². The minimum Gasteiger partial charge on any atom is -0.473 e. The molecule has 0 saturated carbocycles. The van der Waals surface area contributed by atoms with Gasteiger partial charge >= 0.3 is 6.18 Å². The van der Waals surface area contributed by atoms with Crippen LogP contribution in [0.5, 0.6) is 5.88 Å². The Labute approximate surface area is 194 Å². The predicted molar refractivity (Wildman–Crippen MR) is 122 cm³/mol. The fraction of sp³-hybridized carbons (Fsp3) is 0.375. The SMILES string of the molecule is CSc1ccc2cc(CNC[C@H]3COCCO3)c(OCc3cccc(C(F)(F)F)c3)nc2c1. The molecule has 1 atom stereocenters. The van der Waals surface area contributed by atoms with E-state index in [-0.39, 0.29) is 12.7 Å². The Kier molecular flexibility index (Phi) is 7.75. The highest BCUT2D eigenvalue weighted by Gasteiger charge is 2.30. The van der Waals surface area contributed by atoms with Gasteiger partial charge in [0.15, 0.2) is 0 Å². The third-order valence-electron chi connectivity index (χ3n) is 5.27. The lowest BCUT2D eigenvalue weighted by Crippen LogP contribution is -2.37. The number of halogens is 3. The van der Waals surface area contributed by atoms with Crippen molar-refractivity contribution in [2.45, 2.75) is 30.3 Å². The molecular weight excluding hydrogens is 453 g/mol. The molecule has 9 heteroatoms. The largest absolute Gasteiger partial charge is 0.473 e. The van der Waals surface area contributed by atoms with E-state index < -0.39 is 11.7 Å². The van der Waals surface area contributed by atoms with Crippen molar-refractivity contribution in [2.75, 3.05) is 32.6 Å². The van der Waals surface area contributed by atoms with Crippen molar-refractivity contribution < 1.29 is 27.4 Å². The first-order valence-electron chi connectivity index (χ1n) is 10.6. The van der Waals surface area contributed by atoms with Crippen LogP contribution < -0.4 is 10.1 Å². The van der Waals surface area contributed by atoms with Gasteiger partial charge in [-0.05, 0) is 42.2 Å². The van der Waals surface area contributed by atoms with Crippen molar-refractivity contribution >= 4 is 22.7 Å². The van der Waals surface area contributed by atoms with E-state index in [4.69, 9.17) is 14.2 Å². The van der Waals surface area contributed by atoms with Crippen molar-refractivity contribution in [1.29, 1.82) is 0 Å². The number of thioether (sulfide) groups is 1. The molecule has 5 nitrogen and oxygen atoms in total. The maximum absolute atomic E-state index is 13.1. The van der Waals surface area contributed by atoms with Crippen LogP contribution in [0, 0.1) is 0 Å². The van der Waals surface area contributed by atoms with Crippen molar-refractivity contribution in [3.63, 3.8) is 0 Å².